The van der Waals surface area contributed by atoms with Crippen LogP contribution in [0.1, 0.15) is 25.8 Å². The molecule has 1 amide bonds. The van der Waals surface area contributed by atoms with Crippen molar-refractivity contribution in [2.45, 2.75) is 25.7 Å². The molecule has 2 nitrogen and oxygen atoms in total. The quantitative estimate of drug-likeness (QED) is 0.823. The predicted octanol–water partition coefficient (Wildman–Crippen LogP) is 3.63. The molecular weight excluding hydrogens is 266 g/mol. The van der Waals surface area contributed by atoms with Crippen LogP contribution >= 0.6 is 15.9 Å². The molecule has 1 heterocycles. The molecule has 1 unspecified atom stereocenters. The Bertz CT molecular complexity index is 481. The number of fused-ring (bicyclic) bond motifs is 1. The van der Waals surface area contributed by atoms with Crippen LogP contribution in [0.4, 0.5) is 5.69 Å². The third-order valence-corrected chi connectivity index (χ3v) is 3.47. The lowest BCUT2D eigenvalue weighted by Crippen LogP contribution is -2.31. The molecule has 1 N–H and O–H groups in total. The van der Waals surface area contributed by atoms with E-state index in [1.807, 2.05) is 32.0 Å². The summed E-state index contributed by atoms with van der Waals surface area (Å²) >= 11 is 3.44. The molecule has 84 valence electrons. The maximum absolute atomic E-state index is 12.0. The van der Waals surface area contributed by atoms with E-state index in [1.165, 1.54) is 0 Å². The fourth-order valence-corrected chi connectivity index (χ4v) is 2.60. The topological polar surface area (TPSA) is 29.1 Å². The first-order valence-corrected chi connectivity index (χ1v) is 5.98. The summed E-state index contributed by atoms with van der Waals surface area (Å²) in [6.07, 6.45) is 0.683. The standard InChI is InChI=1S/C13H14BrNO/c1-8(2)7-13(3)10-6-9(14)4-5-11(10)15-12(13)16/h4-6H,1,7H2,2-3H3,(H,15,16). The van der Waals surface area contributed by atoms with Crippen LogP contribution in [0.3, 0.4) is 0 Å². The Morgan fingerprint density at radius 3 is 2.88 bits per heavy atom. The van der Waals surface area contributed by atoms with Gasteiger partial charge in [-0.1, -0.05) is 21.5 Å². The van der Waals surface area contributed by atoms with Gasteiger partial charge in [0.2, 0.25) is 5.91 Å². The molecule has 0 radical (unpaired) electrons. The van der Waals surface area contributed by atoms with Crippen molar-refractivity contribution in [2.75, 3.05) is 5.32 Å². The van der Waals surface area contributed by atoms with Crippen LogP contribution in [0, 0.1) is 0 Å². The van der Waals surface area contributed by atoms with Crippen molar-refractivity contribution in [3.05, 3.63) is 40.4 Å². The Labute approximate surface area is 104 Å². The first-order valence-electron chi connectivity index (χ1n) is 5.19. The van der Waals surface area contributed by atoms with Crippen LogP contribution in [-0.2, 0) is 10.2 Å². The minimum Gasteiger partial charge on any atom is -0.325 e. The first-order chi connectivity index (χ1) is 7.43. The fourth-order valence-electron chi connectivity index (χ4n) is 2.24. The second kappa shape index (κ2) is 3.74. The summed E-state index contributed by atoms with van der Waals surface area (Å²) < 4.78 is 0.996. The number of carbonyl (C=O) groups excluding carboxylic acids is 1. The van der Waals surface area contributed by atoms with Gasteiger partial charge in [0.25, 0.3) is 0 Å². The molecule has 1 aromatic carbocycles. The highest BCUT2D eigenvalue weighted by Crippen LogP contribution is 2.42. The number of carbonyl (C=O) groups is 1. The number of allylic oxidation sites excluding steroid dienone is 1. The van der Waals surface area contributed by atoms with Crippen molar-refractivity contribution >= 4 is 27.5 Å². The van der Waals surface area contributed by atoms with Gasteiger partial charge in [0.1, 0.15) is 0 Å². The summed E-state index contributed by atoms with van der Waals surface area (Å²) in [5.74, 6) is 0.0589. The molecule has 0 saturated heterocycles. The van der Waals surface area contributed by atoms with Gasteiger partial charge in [-0.3, -0.25) is 4.79 Å². The number of benzene rings is 1. The highest BCUT2D eigenvalue weighted by molar-refractivity contribution is 9.10. The van der Waals surface area contributed by atoms with Gasteiger partial charge in [0.15, 0.2) is 0 Å². The molecule has 3 heteroatoms. The third-order valence-electron chi connectivity index (χ3n) is 2.98. The molecule has 0 saturated carbocycles. The Morgan fingerprint density at radius 2 is 2.25 bits per heavy atom. The molecule has 1 atom stereocenters. The smallest absolute Gasteiger partial charge is 0.235 e. The second-order valence-electron chi connectivity index (χ2n) is 4.61. The van der Waals surface area contributed by atoms with Gasteiger partial charge in [-0.25, -0.2) is 0 Å². The number of amides is 1. The molecule has 1 aliphatic heterocycles. The molecule has 2 rings (SSSR count). The van der Waals surface area contributed by atoms with Crippen LogP contribution in [0.15, 0.2) is 34.8 Å². The average Bonchev–Trinajstić information content (AvgIpc) is 2.40. The van der Waals surface area contributed by atoms with Crippen molar-refractivity contribution in [3.63, 3.8) is 0 Å². The summed E-state index contributed by atoms with van der Waals surface area (Å²) in [5, 5.41) is 2.92. The van der Waals surface area contributed by atoms with Gasteiger partial charge in [-0.2, -0.15) is 0 Å². The number of hydrogen-bond acceptors (Lipinski definition) is 1. The normalized spacial score (nSPS) is 22.8. The van der Waals surface area contributed by atoms with E-state index in [0.717, 1.165) is 21.3 Å². The summed E-state index contributed by atoms with van der Waals surface area (Å²) in [7, 11) is 0. The Balaban J connectivity index is 2.53. The second-order valence-corrected chi connectivity index (χ2v) is 5.53. The summed E-state index contributed by atoms with van der Waals surface area (Å²) in [5.41, 5.74) is 2.50. The highest BCUT2D eigenvalue weighted by atomic mass is 79.9. The zero-order chi connectivity index (χ0) is 11.9. The maximum Gasteiger partial charge on any atom is 0.235 e. The molecule has 0 aromatic heterocycles. The summed E-state index contributed by atoms with van der Waals surface area (Å²) in [6, 6.07) is 5.88. The zero-order valence-electron chi connectivity index (χ0n) is 9.43. The Hall–Kier alpha value is -1.09. The van der Waals surface area contributed by atoms with E-state index < -0.39 is 5.41 Å². The van der Waals surface area contributed by atoms with E-state index in [4.69, 9.17) is 0 Å². The predicted molar refractivity (Wildman–Crippen MR) is 69.6 cm³/mol. The molecule has 0 fully saturated rings. The molecule has 0 bridgehead atoms. The van der Waals surface area contributed by atoms with Gasteiger partial charge in [-0.05, 0) is 44.0 Å². The third kappa shape index (κ3) is 1.69. The van der Waals surface area contributed by atoms with E-state index in [-0.39, 0.29) is 5.91 Å². The van der Waals surface area contributed by atoms with Crippen LogP contribution in [0.2, 0.25) is 0 Å². The van der Waals surface area contributed by atoms with E-state index in [1.54, 1.807) is 0 Å². The van der Waals surface area contributed by atoms with Crippen molar-refractivity contribution in [2.24, 2.45) is 0 Å². The van der Waals surface area contributed by atoms with Crippen molar-refractivity contribution in [3.8, 4) is 0 Å². The zero-order valence-corrected chi connectivity index (χ0v) is 11.0. The van der Waals surface area contributed by atoms with E-state index in [0.29, 0.717) is 6.42 Å². The van der Waals surface area contributed by atoms with Gasteiger partial charge in [-0.15, -0.1) is 6.58 Å². The average molecular weight is 280 g/mol. The minimum atomic E-state index is -0.481. The van der Waals surface area contributed by atoms with Gasteiger partial charge in [0, 0.05) is 10.2 Å². The molecule has 1 aromatic rings. The van der Waals surface area contributed by atoms with Gasteiger partial charge >= 0.3 is 0 Å². The van der Waals surface area contributed by atoms with Crippen LogP contribution < -0.4 is 5.32 Å². The molecule has 1 aliphatic rings. The lowest BCUT2D eigenvalue weighted by Gasteiger charge is -2.22. The number of anilines is 1. The maximum atomic E-state index is 12.0. The van der Waals surface area contributed by atoms with Crippen LogP contribution in [0.5, 0.6) is 0 Å². The number of halogens is 1. The summed E-state index contributed by atoms with van der Waals surface area (Å²) in [6.45, 7) is 7.82. The van der Waals surface area contributed by atoms with E-state index in [9.17, 15) is 4.79 Å². The molecule has 0 spiro atoms. The van der Waals surface area contributed by atoms with Gasteiger partial charge in [0.05, 0.1) is 5.41 Å². The lowest BCUT2D eigenvalue weighted by atomic mass is 9.79. The largest absolute Gasteiger partial charge is 0.325 e. The van der Waals surface area contributed by atoms with Crippen LogP contribution in [-0.4, -0.2) is 5.91 Å². The first kappa shape index (κ1) is 11.4. The van der Waals surface area contributed by atoms with Crippen molar-refractivity contribution in [1.29, 1.82) is 0 Å². The number of hydrogen-bond donors (Lipinski definition) is 1. The van der Waals surface area contributed by atoms with Crippen molar-refractivity contribution < 1.29 is 4.79 Å². The summed E-state index contributed by atoms with van der Waals surface area (Å²) in [4.78, 5) is 12.0. The van der Waals surface area contributed by atoms with E-state index in [2.05, 4.69) is 27.8 Å². The number of nitrogens with one attached hydrogen (secondary N) is 1. The fraction of sp³-hybridized carbons (Fsp3) is 0.308. The highest BCUT2D eigenvalue weighted by Gasteiger charge is 2.42. The SMILES string of the molecule is C=C(C)CC1(C)C(=O)Nc2ccc(Br)cc21. The van der Waals surface area contributed by atoms with E-state index >= 15 is 0 Å². The minimum absolute atomic E-state index is 0.0589. The molecule has 0 aliphatic carbocycles. The number of rotatable bonds is 2. The monoisotopic (exact) mass is 279 g/mol. The Morgan fingerprint density at radius 1 is 1.56 bits per heavy atom. The molecule has 16 heavy (non-hydrogen) atoms. The van der Waals surface area contributed by atoms with Crippen molar-refractivity contribution in [1.82, 2.24) is 0 Å². The van der Waals surface area contributed by atoms with Gasteiger partial charge < -0.3 is 5.32 Å². The Kier molecular flexibility index (Phi) is 2.66. The molecular formula is C13H14BrNO. The lowest BCUT2D eigenvalue weighted by molar-refractivity contribution is -0.120. The van der Waals surface area contributed by atoms with Crippen LogP contribution in [0.25, 0.3) is 0 Å².